The Bertz CT molecular complexity index is 1580. The number of nitrogens with two attached hydrogens (primary N) is 1. The van der Waals surface area contributed by atoms with Crippen LogP contribution in [0.3, 0.4) is 0 Å². The predicted molar refractivity (Wildman–Crippen MR) is 165 cm³/mol. The van der Waals surface area contributed by atoms with Crippen molar-refractivity contribution in [2.45, 2.75) is 33.4 Å². The van der Waals surface area contributed by atoms with Crippen molar-refractivity contribution in [1.29, 1.82) is 0 Å². The summed E-state index contributed by atoms with van der Waals surface area (Å²) in [6.45, 7) is 5.61. The summed E-state index contributed by atoms with van der Waals surface area (Å²) in [6, 6.07) is 15.0. The molecule has 41 heavy (non-hydrogen) atoms. The number of hydrogen-bond donors (Lipinski definition) is 3. The largest absolute Gasteiger partial charge is 0.494 e. The standard InChI is InChI=1S/C30H34ClN7O3/c1-5-10-41-23-12-19(18-37(3)4)11-22(14-23)20-8-7-9-21(13-20)26-15-27(29(39)38(6-2)36-26)34-30(40)35-28-24(31)16-33-17-25(28)32/h7-9,11-17H,5-6,10,18,32H2,1-4H3,(H2,33,34,35,40). The van der Waals surface area contributed by atoms with Crippen molar-refractivity contribution in [2.75, 3.05) is 37.1 Å². The number of carbonyl (C=O) groups excluding carboxylic acids is 1. The van der Waals surface area contributed by atoms with Gasteiger partial charge >= 0.3 is 6.03 Å². The van der Waals surface area contributed by atoms with Gasteiger partial charge < -0.3 is 26.0 Å². The molecule has 0 aliphatic rings. The lowest BCUT2D eigenvalue weighted by molar-refractivity contribution is 0.262. The number of hydrogen-bond acceptors (Lipinski definition) is 7. The van der Waals surface area contributed by atoms with E-state index in [-0.39, 0.29) is 22.1 Å². The molecular formula is C30H34ClN7O3. The van der Waals surface area contributed by atoms with Crippen molar-refractivity contribution < 1.29 is 9.53 Å². The lowest BCUT2D eigenvalue weighted by atomic mass is 9.99. The van der Waals surface area contributed by atoms with Crippen LogP contribution in [0.5, 0.6) is 5.75 Å². The number of anilines is 3. The topological polar surface area (TPSA) is 127 Å². The van der Waals surface area contributed by atoms with Gasteiger partial charge in [0.15, 0.2) is 0 Å². The molecule has 4 aromatic rings. The highest BCUT2D eigenvalue weighted by atomic mass is 35.5. The molecule has 0 unspecified atom stereocenters. The first-order valence-electron chi connectivity index (χ1n) is 13.3. The minimum absolute atomic E-state index is 0.0618. The third-order valence-corrected chi connectivity index (χ3v) is 6.41. The quantitative estimate of drug-likeness (QED) is 0.220. The van der Waals surface area contributed by atoms with E-state index in [1.165, 1.54) is 17.1 Å². The Morgan fingerprint density at radius 2 is 1.83 bits per heavy atom. The van der Waals surface area contributed by atoms with Crippen molar-refractivity contribution >= 4 is 34.7 Å². The summed E-state index contributed by atoms with van der Waals surface area (Å²) in [4.78, 5) is 31.8. The molecule has 10 nitrogen and oxygen atoms in total. The number of benzene rings is 2. The molecule has 2 amide bonds. The maximum atomic E-state index is 13.0. The van der Waals surface area contributed by atoms with E-state index in [1.54, 1.807) is 6.07 Å². The van der Waals surface area contributed by atoms with E-state index in [2.05, 4.69) is 44.7 Å². The van der Waals surface area contributed by atoms with Crippen LogP contribution in [0.1, 0.15) is 25.8 Å². The molecule has 0 spiro atoms. The highest BCUT2D eigenvalue weighted by Crippen LogP contribution is 2.31. The molecule has 0 radical (unpaired) electrons. The van der Waals surface area contributed by atoms with Crippen LogP contribution in [0.15, 0.2) is 65.7 Å². The molecule has 0 aliphatic carbocycles. The van der Waals surface area contributed by atoms with Crippen molar-refractivity contribution in [3.8, 4) is 28.1 Å². The fraction of sp³-hybridized carbons (Fsp3) is 0.267. The molecular weight excluding hydrogens is 542 g/mol. The molecule has 11 heteroatoms. The average molecular weight is 576 g/mol. The van der Waals surface area contributed by atoms with Gasteiger partial charge in [0.2, 0.25) is 0 Å². The molecule has 2 heterocycles. The number of pyridine rings is 1. The number of amides is 2. The first-order chi connectivity index (χ1) is 19.7. The smallest absolute Gasteiger partial charge is 0.323 e. The van der Waals surface area contributed by atoms with Gasteiger partial charge in [0, 0.05) is 24.8 Å². The Kier molecular flexibility index (Phi) is 9.59. The number of halogens is 1. The fourth-order valence-corrected chi connectivity index (χ4v) is 4.49. The second-order valence-electron chi connectivity index (χ2n) is 9.76. The van der Waals surface area contributed by atoms with Gasteiger partial charge in [-0.2, -0.15) is 5.10 Å². The Hall–Kier alpha value is -4.41. The highest BCUT2D eigenvalue weighted by Gasteiger charge is 2.15. The third-order valence-electron chi connectivity index (χ3n) is 6.12. The summed E-state index contributed by atoms with van der Waals surface area (Å²) >= 11 is 6.12. The van der Waals surface area contributed by atoms with Gasteiger partial charge in [-0.1, -0.05) is 36.7 Å². The summed E-state index contributed by atoms with van der Waals surface area (Å²) < 4.78 is 7.28. The van der Waals surface area contributed by atoms with Gasteiger partial charge in [-0.3, -0.25) is 9.78 Å². The molecule has 0 bridgehead atoms. The van der Waals surface area contributed by atoms with Crippen LogP contribution in [0, 0.1) is 0 Å². The van der Waals surface area contributed by atoms with E-state index in [9.17, 15) is 9.59 Å². The molecule has 0 saturated heterocycles. The Labute approximate surface area is 244 Å². The molecule has 214 valence electrons. The monoisotopic (exact) mass is 575 g/mol. The fourth-order valence-electron chi connectivity index (χ4n) is 4.28. The summed E-state index contributed by atoms with van der Waals surface area (Å²) in [6.07, 6.45) is 3.65. The zero-order valence-corrected chi connectivity index (χ0v) is 24.3. The number of aryl methyl sites for hydroxylation is 1. The maximum absolute atomic E-state index is 13.0. The Balaban J connectivity index is 1.69. The van der Waals surface area contributed by atoms with Crippen molar-refractivity contribution in [3.05, 3.63) is 81.9 Å². The van der Waals surface area contributed by atoms with E-state index in [0.717, 1.165) is 41.0 Å². The SMILES string of the molecule is CCCOc1cc(CN(C)C)cc(-c2cccc(-c3cc(NC(=O)Nc4c(N)cncc4Cl)c(=O)n(CC)n3)c2)c1. The summed E-state index contributed by atoms with van der Waals surface area (Å²) in [5, 5.41) is 9.93. The minimum Gasteiger partial charge on any atom is -0.494 e. The highest BCUT2D eigenvalue weighted by molar-refractivity contribution is 6.34. The van der Waals surface area contributed by atoms with Crippen LogP contribution in [-0.4, -0.2) is 46.4 Å². The van der Waals surface area contributed by atoms with Gasteiger partial charge in [0.25, 0.3) is 5.56 Å². The van der Waals surface area contributed by atoms with Crippen LogP contribution in [-0.2, 0) is 13.1 Å². The van der Waals surface area contributed by atoms with Crippen LogP contribution in [0.2, 0.25) is 5.02 Å². The Morgan fingerprint density at radius 3 is 2.54 bits per heavy atom. The number of ether oxygens (including phenoxy) is 1. The van der Waals surface area contributed by atoms with Gasteiger partial charge in [-0.15, -0.1) is 0 Å². The van der Waals surface area contributed by atoms with Gasteiger partial charge in [-0.25, -0.2) is 9.48 Å². The molecule has 2 aromatic heterocycles. The third kappa shape index (κ3) is 7.41. The molecule has 4 rings (SSSR count). The van der Waals surface area contributed by atoms with Crippen LogP contribution < -0.4 is 26.7 Å². The predicted octanol–water partition coefficient (Wildman–Crippen LogP) is 5.72. The lowest BCUT2D eigenvalue weighted by Gasteiger charge is -2.15. The van der Waals surface area contributed by atoms with Gasteiger partial charge in [0.1, 0.15) is 11.4 Å². The second kappa shape index (κ2) is 13.3. The maximum Gasteiger partial charge on any atom is 0.323 e. The first-order valence-corrected chi connectivity index (χ1v) is 13.7. The van der Waals surface area contributed by atoms with Crippen LogP contribution >= 0.6 is 11.6 Å². The summed E-state index contributed by atoms with van der Waals surface area (Å²) in [5.41, 5.74) is 10.3. The van der Waals surface area contributed by atoms with Crippen molar-refractivity contribution in [1.82, 2.24) is 19.7 Å². The molecule has 4 N–H and O–H groups in total. The lowest BCUT2D eigenvalue weighted by Crippen LogP contribution is -2.30. The second-order valence-corrected chi connectivity index (χ2v) is 10.2. The number of carbonyl (C=O) groups is 1. The number of rotatable bonds is 10. The Morgan fingerprint density at radius 1 is 1.05 bits per heavy atom. The molecule has 0 atom stereocenters. The number of nitrogens with zero attached hydrogens (tertiary/aromatic N) is 4. The zero-order valence-electron chi connectivity index (χ0n) is 23.6. The summed E-state index contributed by atoms with van der Waals surface area (Å²) in [7, 11) is 4.06. The number of aromatic nitrogens is 3. The molecule has 0 aliphatic heterocycles. The van der Waals surface area contributed by atoms with Crippen LogP contribution in [0.4, 0.5) is 21.9 Å². The van der Waals surface area contributed by atoms with E-state index >= 15 is 0 Å². The van der Waals surface area contributed by atoms with Crippen LogP contribution in [0.25, 0.3) is 22.4 Å². The average Bonchev–Trinajstić information content (AvgIpc) is 2.94. The molecule has 0 fully saturated rings. The zero-order chi connectivity index (χ0) is 29.5. The molecule has 2 aromatic carbocycles. The normalized spacial score (nSPS) is 11.0. The first kappa shape index (κ1) is 29.6. The minimum atomic E-state index is -0.673. The van der Waals surface area contributed by atoms with Gasteiger partial charge in [0.05, 0.1) is 34.9 Å². The van der Waals surface area contributed by atoms with Gasteiger partial charge in [-0.05, 0) is 74.5 Å². The number of nitrogens with one attached hydrogen (secondary N) is 2. The van der Waals surface area contributed by atoms with E-state index in [4.69, 9.17) is 22.1 Å². The van der Waals surface area contributed by atoms with E-state index < -0.39 is 11.6 Å². The van der Waals surface area contributed by atoms with E-state index in [1.807, 2.05) is 51.4 Å². The molecule has 0 saturated carbocycles. The van der Waals surface area contributed by atoms with Crippen molar-refractivity contribution in [3.63, 3.8) is 0 Å². The van der Waals surface area contributed by atoms with Crippen molar-refractivity contribution in [2.24, 2.45) is 0 Å². The number of urea groups is 1. The van der Waals surface area contributed by atoms with E-state index in [0.29, 0.717) is 18.8 Å². The summed E-state index contributed by atoms with van der Waals surface area (Å²) in [5.74, 6) is 0.816. The number of nitrogen functional groups attached to an aromatic ring is 1.